The number of methoxy groups -OCH3 is 1. The molecule has 6 nitrogen and oxygen atoms in total. The summed E-state index contributed by atoms with van der Waals surface area (Å²) in [4.78, 5) is 16.6. The van der Waals surface area contributed by atoms with Gasteiger partial charge in [-0.3, -0.25) is 4.79 Å². The topological polar surface area (TPSA) is 69.0 Å². The first-order valence-electron chi connectivity index (χ1n) is 7.14. The third-order valence-corrected chi connectivity index (χ3v) is 3.33. The molecule has 3 rings (SSSR count). The van der Waals surface area contributed by atoms with Crippen molar-refractivity contribution in [2.24, 2.45) is 0 Å². The van der Waals surface area contributed by atoms with Crippen LogP contribution in [0, 0.1) is 0 Å². The summed E-state index contributed by atoms with van der Waals surface area (Å²) in [6, 6.07) is 12.8. The molecule has 2 heterocycles. The molecule has 0 saturated heterocycles. The minimum Gasteiger partial charge on any atom is -0.496 e. The van der Waals surface area contributed by atoms with E-state index in [1.807, 2.05) is 24.3 Å². The zero-order valence-electron chi connectivity index (χ0n) is 12.6. The van der Waals surface area contributed by atoms with E-state index in [4.69, 9.17) is 4.74 Å². The van der Waals surface area contributed by atoms with Crippen molar-refractivity contribution in [1.29, 1.82) is 0 Å². The smallest absolute Gasteiger partial charge is 0.229 e. The minimum atomic E-state index is -0.143. The molecule has 0 aliphatic heterocycles. The lowest BCUT2D eigenvalue weighted by atomic mass is 10.1. The molecule has 0 aliphatic rings. The first-order valence-corrected chi connectivity index (χ1v) is 7.14. The molecule has 1 N–H and O–H groups in total. The van der Waals surface area contributed by atoms with Crippen LogP contribution in [0.25, 0.3) is 5.82 Å². The number of aromatic nitrogens is 3. The third-order valence-electron chi connectivity index (χ3n) is 3.33. The Morgan fingerprint density at radius 1 is 1.17 bits per heavy atom. The van der Waals surface area contributed by atoms with E-state index in [9.17, 15) is 4.79 Å². The van der Waals surface area contributed by atoms with Gasteiger partial charge in [0.2, 0.25) is 5.91 Å². The van der Waals surface area contributed by atoms with Gasteiger partial charge in [0.25, 0.3) is 0 Å². The summed E-state index contributed by atoms with van der Waals surface area (Å²) in [5.41, 5.74) is 1.44. The summed E-state index contributed by atoms with van der Waals surface area (Å²) in [5, 5.41) is 7.03. The second kappa shape index (κ2) is 6.74. The maximum Gasteiger partial charge on any atom is 0.229 e. The highest BCUT2D eigenvalue weighted by Gasteiger charge is 2.12. The van der Waals surface area contributed by atoms with E-state index in [0.717, 1.165) is 5.56 Å². The van der Waals surface area contributed by atoms with Gasteiger partial charge in [0.05, 0.1) is 19.2 Å². The lowest BCUT2D eigenvalue weighted by Gasteiger charge is -2.11. The number of ether oxygens (including phenoxy) is 1. The normalized spacial score (nSPS) is 10.3. The van der Waals surface area contributed by atoms with Crippen molar-refractivity contribution in [2.75, 3.05) is 12.4 Å². The van der Waals surface area contributed by atoms with E-state index in [1.165, 1.54) is 0 Å². The van der Waals surface area contributed by atoms with Crippen LogP contribution in [0.4, 0.5) is 5.69 Å². The Morgan fingerprint density at radius 2 is 2.04 bits per heavy atom. The number of nitrogens with zero attached hydrogens (tertiary/aromatic N) is 3. The number of benzene rings is 1. The van der Waals surface area contributed by atoms with Crippen molar-refractivity contribution in [1.82, 2.24) is 14.8 Å². The fourth-order valence-electron chi connectivity index (χ4n) is 2.29. The quantitative estimate of drug-likeness (QED) is 0.786. The number of pyridine rings is 1. The summed E-state index contributed by atoms with van der Waals surface area (Å²) >= 11 is 0. The van der Waals surface area contributed by atoms with Gasteiger partial charge in [0.1, 0.15) is 5.75 Å². The van der Waals surface area contributed by atoms with Crippen LogP contribution in [-0.4, -0.2) is 27.8 Å². The Kier molecular flexibility index (Phi) is 4.33. The van der Waals surface area contributed by atoms with Gasteiger partial charge in [-0.15, -0.1) is 0 Å². The first-order chi connectivity index (χ1) is 11.3. The molecule has 116 valence electrons. The molecule has 0 unspecified atom stereocenters. The molecule has 0 fully saturated rings. The average Bonchev–Trinajstić information content (AvgIpc) is 3.10. The molecule has 0 saturated carbocycles. The summed E-state index contributed by atoms with van der Waals surface area (Å²) in [5.74, 6) is 1.13. The summed E-state index contributed by atoms with van der Waals surface area (Å²) < 4.78 is 6.88. The maximum atomic E-state index is 12.3. The Balaban J connectivity index is 1.79. The zero-order valence-corrected chi connectivity index (χ0v) is 12.6. The van der Waals surface area contributed by atoms with Gasteiger partial charge in [-0.05, 0) is 24.3 Å². The highest BCUT2D eigenvalue weighted by molar-refractivity contribution is 5.94. The predicted octanol–water partition coefficient (Wildman–Crippen LogP) is 2.46. The number of para-hydroxylation sites is 1. The Morgan fingerprint density at radius 3 is 2.83 bits per heavy atom. The van der Waals surface area contributed by atoms with E-state index >= 15 is 0 Å². The van der Waals surface area contributed by atoms with Crippen LogP contribution in [0.5, 0.6) is 5.75 Å². The molecule has 0 bridgehead atoms. The van der Waals surface area contributed by atoms with Gasteiger partial charge >= 0.3 is 0 Å². The predicted molar refractivity (Wildman–Crippen MR) is 86.7 cm³/mol. The number of hydrogen-bond donors (Lipinski definition) is 1. The molecule has 1 aromatic carbocycles. The Hall–Kier alpha value is -3.15. The number of amides is 1. The summed E-state index contributed by atoms with van der Waals surface area (Å²) in [6.45, 7) is 0. The number of rotatable bonds is 5. The van der Waals surface area contributed by atoms with Crippen LogP contribution < -0.4 is 10.1 Å². The second-order valence-corrected chi connectivity index (χ2v) is 4.86. The van der Waals surface area contributed by atoms with E-state index in [0.29, 0.717) is 17.3 Å². The van der Waals surface area contributed by atoms with Crippen molar-refractivity contribution in [3.8, 4) is 11.6 Å². The maximum absolute atomic E-state index is 12.3. The summed E-state index contributed by atoms with van der Waals surface area (Å²) in [7, 11) is 1.59. The van der Waals surface area contributed by atoms with Crippen molar-refractivity contribution < 1.29 is 9.53 Å². The van der Waals surface area contributed by atoms with Crippen molar-refractivity contribution >= 4 is 11.6 Å². The van der Waals surface area contributed by atoms with Gasteiger partial charge < -0.3 is 10.1 Å². The van der Waals surface area contributed by atoms with E-state index in [2.05, 4.69) is 15.4 Å². The highest BCUT2D eigenvalue weighted by Crippen LogP contribution is 2.20. The van der Waals surface area contributed by atoms with Gasteiger partial charge in [0.15, 0.2) is 5.82 Å². The van der Waals surface area contributed by atoms with E-state index in [1.54, 1.807) is 48.6 Å². The SMILES string of the molecule is COc1ccccc1CC(=O)Nc1cccnc1-n1cccn1. The second-order valence-electron chi connectivity index (χ2n) is 4.86. The number of anilines is 1. The molecule has 23 heavy (non-hydrogen) atoms. The average molecular weight is 308 g/mol. The Bertz CT molecular complexity index is 800. The highest BCUT2D eigenvalue weighted by atomic mass is 16.5. The molecular formula is C17H16N4O2. The van der Waals surface area contributed by atoms with Gasteiger partial charge in [0, 0.05) is 24.2 Å². The van der Waals surface area contributed by atoms with Crippen LogP contribution in [0.15, 0.2) is 61.1 Å². The van der Waals surface area contributed by atoms with E-state index < -0.39 is 0 Å². The third kappa shape index (κ3) is 3.37. The van der Waals surface area contributed by atoms with Gasteiger partial charge in [-0.1, -0.05) is 18.2 Å². The van der Waals surface area contributed by atoms with Crippen LogP contribution in [0.1, 0.15) is 5.56 Å². The first kappa shape index (κ1) is 14.8. The van der Waals surface area contributed by atoms with Gasteiger partial charge in [-0.2, -0.15) is 5.10 Å². The van der Waals surface area contributed by atoms with Crippen molar-refractivity contribution in [3.63, 3.8) is 0 Å². The van der Waals surface area contributed by atoms with Crippen LogP contribution in [0.3, 0.4) is 0 Å². The van der Waals surface area contributed by atoms with Crippen molar-refractivity contribution in [3.05, 3.63) is 66.6 Å². The molecule has 1 amide bonds. The number of carbonyl (C=O) groups excluding carboxylic acids is 1. The molecular weight excluding hydrogens is 292 g/mol. The number of nitrogens with one attached hydrogen (secondary N) is 1. The summed E-state index contributed by atoms with van der Waals surface area (Å²) in [6.07, 6.45) is 5.32. The van der Waals surface area contributed by atoms with Gasteiger partial charge in [-0.25, -0.2) is 9.67 Å². The Labute approximate surface area is 133 Å². The molecule has 2 aromatic heterocycles. The molecule has 0 aliphatic carbocycles. The molecule has 0 atom stereocenters. The molecule has 0 spiro atoms. The fraction of sp³-hybridized carbons (Fsp3) is 0.118. The van der Waals surface area contributed by atoms with E-state index in [-0.39, 0.29) is 12.3 Å². The lowest BCUT2D eigenvalue weighted by Crippen LogP contribution is -2.17. The molecule has 0 radical (unpaired) electrons. The van der Waals surface area contributed by atoms with Crippen molar-refractivity contribution in [2.45, 2.75) is 6.42 Å². The zero-order chi connectivity index (χ0) is 16.1. The number of carbonyl (C=O) groups is 1. The number of hydrogen-bond acceptors (Lipinski definition) is 4. The van der Waals surface area contributed by atoms with Crippen LogP contribution in [-0.2, 0) is 11.2 Å². The standard InChI is InChI=1S/C17H16N4O2/c1-23-15-8-3-2-6-13(15)12-16(22)20-14-7-4-9-18-17(14)21-11-5-10-19-21/h2-11H,12H2,1H3,(H,20,22). The monoisotopic (exact) mass is 308 g/mol. The fourth-order valence-corrected chi connectivity index (χ4v) is 2.29. The van der Waals surface area contributed by atoms with Crippen LogP contribution >= 0.6 is 0 Å². The minimum absolute atomic E-state index is 0.143. The molecule has 6 heteroatoms. The largest absolute Gasteiger partial charge is 0.496 e. The molecule has 3 aromatic rings. The van der Waals surface area contributed by atoms with Crippen LogP contribution in [0.2, 0.25) is 0 Å². The lowest BCUT2D eigenvalue weighted by molar-refractivity contribution is -0.115.